The molecule has 0 saturated carbocycles. The zero-order chi connectivity index (χ0) is 13.8. The Bertz CT molecular complexity index is 474. The maximum Gasteiger partial charge on any atom is 0.235 e. The molecular weight excluding hydrogens is 237 g/mol. The Kier molecular flexibility index (Phi) is 4.45. The third-order valence-electron chi connectivity index (χ3n) is 2.56. The van der Waals surface area contributed by atoms with Gasteiger partial charge in [-0.25, -0.2) is 14.2 Å². The van der Waals surface area contributed by atoms with Gasteiger partial charge in [-0.05, 0) is 37.1 Å². The van der Waals surface area contributed by atoms with Crippen LogP contribution >= 0.6 is 0 Å². The monoisotopic (exact) mass is 253 g/mol. The molecule has 5 heteroatoms. The van der Waals surface area contributed by atoms with Crippen molar-refractivity contribution < 1.29 is 18.7 Å². The molecule has 0 aliphatic heterocycles. The summed E-state index contributed by atoms with van der Waals surface area (Å²) in [4.78, 5) is 13.7. The highest BCUT2D eigenvalue weighted by Gasteiger charge is 2.24. The van der Waals surface area contributed by atoms with Gasteiger partial charge in [0, 0.05) is 0 Å². The molecule has 0 bridgehead atoms. The van der Waals surface area contributed by atoms with E-state index in [9.17, 15) is 9.18 Å². The molecule has 0 fully saturated rings. The zero-order valence-corrected chi connectivity index (χ0v) is 10.9. The van der Waals surface area contributed by atoms with Gasteiger partial charge in [-0.15, -0.1) is 0 Å². The first-order chi connectivity index (χ1) is 8.43. The fraction of sp³-hybridized carbons (Fsp3) is 0.462. The van der Waals surface area contributed by atoms with Crippen molar-refractivity contribution in [2.24, 2.45) is 4.99 Å². The van der Waals surface area contributed by atoms with Gasteiger partial charge in [0.2, 0.25) is 6.08 Å². The van der Waals surface area contributed by atoms with E-state index < -0.39 is 5.67 Å². The minimum Gasteiger partial charge on any atom is -0.493 e. The lowest BCUT2D eigenvalue weighted by molar-refractivity contribution is 0.218. The van der Waals surface area contributed by atoms with Gasteiger partial charge >= 0.3 is 0 Å². The van der Waals surface area contributed by atoms with Gasteiger partial charge < -0.3 is 9.47 Å². The van der Waals surface area contributed by atoms with E-state index in [1.54, 1.807) is 12.1 Å². The van der Waals surface area contributed by atoms with Gasteiger partial charge in [0.1, 0.15) is 5.67 Å². The van der Waals surface area contributed by atoms with Crippen LogP contribution in [0.2, 0.25) is 0 Å². The number of benzene rings is 1. The van der Waals surface area contributed by atoms with E-state index in [1.807, 2.05) is 0 Å². The van der Waals surface area contributed by atoms with Crippen molar-refractivity contribution in [1.29, 1.82) is 0 Å². The van der Waals surface area contributed by atoms with Crippen LogP contribution < -0.4 is 9.47 Å². The van der Waals surface area contributed by atoms with Crippen LogP contribution in [-0.2, 0) is 17.0 Å². The van der Waals surface area contributed by atoms with E-state index in [-0.39, 0.29) is 6.54 Å². The number of alkyl halides is 1. The molecule has 0 unspecified atom stereocenters. The van der Waals surface area contributed by atoms with E-state index in [2.05, 4.69) is 4.99 Å². The minimum absolute atomic E-state index is 0.0620. The number of rotatable bonds is 5. The lowest BCUT2D eigenvalue weighted by atomic mass is 9.94. The molecular formula is C13H16FNO3. The Morgan fingerprint density at radius 1 is 1.28 bits per heavy atom. The molecule has 0 amide bonds. The standard InChI is InChI=1S/C13H16FNO3/c1-13(2,14)10-6-12(18-4)11(17-3)5-9(10)7-15-8-16/h5-6H,7H2,1-4H3. The molecule has 0 atom stereocenters. The number of carbonyl (C=O) groups excluding carboxylic acids is 1. The van der Waals surface area contributed by atoms with Gasteiger partial charge in [-0.1, -0.05) is 0 Å². The normalized spacial score (nSPS) is 10.7. The average molecular weight is 253 g/mol. The number of nitrogens with zero attached hydrogens (tertiary/aromatic N) is 1. The third kappa shape index (κ3) is 3.08. The number of ether oxygens (including phenoxy) is 2. The van der Waals surface area contributed by atoms with Crippen LogP contribution in [-0.4, -0.2) is 20.3 Å². The Hall–Kier alpha value is -1.87. The molecule has 0 N–H and O–H groups in total. The Morgan fingerprint density at radius 3 is 2.28 bits per heavy atom. The molecule has 1 aromatic carbocycles. The van der Waals surface area contributed by atoms with Crippen molar-refractivity contribution in [3.8, 4) is 11.5 Å². The van der Waals surface area contributed by atoms with Crippen molar-refractivity contribution >= 4 is 6.08 Å². The third-order valence-corrected chi connectivity index (χ3v) is 2.56. The van der Waals surface area contributed by atoms with Crippen LogP contribution in [0.25, 0.3) is 0 Å². The Morgan fingerprint density at radius 2 is 1.83 bits per heavy atom. The van der Waals surface area contributed by atoms with Crippen LogP contribution in [0.3, 0.4) is 0 Å². The Labute approximate surface area is 105 Å². The summed E-state index contributed by atoms with van der Waals surface area (Å²) in [6.07, 6.45) is 1.44. The van der Waals surface area contributed by atoms with E-state index >= 15 is 0 Å². The summed E-state index contributed by atoms with van der Waals surface area (Å²) in [7, 11) is 2.97. The quantitative estimate of drug-likeness (QED) is 0.598. The largest absolute Gasteiger partial charge is 0.493 e. The molecule has 4 nitrogen and oxygen atoms in total. The van der Waals surface area contributed by atoms with E-state index in [4.69, 9.17) is 9.47 Å². The predicted molar refractivity (Wildman–Crippen MR) is 65.5 cm³/mol. The second kappa shape index (κ2) is 5.65. The van der Waals surface area contributed by atoms with E-state index in [1.165, 1.54) is 34.1 Å². The fourth-order valence-corrected chi connectivity index (χ4v) is 1.72. The molecule has 0 aliphatic carbocycles. The lowest BCUT2D eigenvalue weighted by Crippen LogP contribution is -2.13. The summed E-state index contributed by atoms with van der Waals surface area (Å²) >= 11 is 0. The van der Waals surface area contributed by atoms with Gasteiger partial charge in [-0.2, -0.15) is 0 Å². The molecule has 0 radical (unpaired) electrons. The molecule has 0 spiro atoms. The van der Waals surface area contributed by atoms with Gasteiger partial charge in [0.25, 0.3) is 0 Å². The molecule has 0 aliphatic rings. The molecule has 98 valence electrons. The first-order valence-electron chi connectivity index (χ1n) is 5.42. The maximum atomic E-state index is 14.1. The highest BCUT2D eigenvalue weighted by molar-refractivity contribution is 5.49. The second-order valence-corrected chi connectivity index (χ2v) is 4.24. The van der Waals surface area contributed by atoms with Crippen LogP contribution in [0.4, 0.5) is 4.39 Å². The second-order valence-electron chi connectivity index (χ2n) is 4.24. The van der Waals surface area contributed by atoms with Crippen LogP contribution in [0.1, 0.15) is 25.0 Å². The van der Waals surface area contributed by atoms with Crippen molar-refractivity contribution in [2.45, 2.75) is 26.1 Å². The number of hydrogen-bond donors (Lipinski definition) is 0. The van der Waals surface area contributed by atoms with Crippen molar-refractivity contribution in [2.75, 3.05) is 14.2 Å². The summed E-state index contributed by atoms with van der Waals surface area (Å²) < 4.78 is 24.4. The average Bonchev–Trinajstić information content (AvgIpc) is 2.33. The highest BCUT2D eigenvalue weighted by Crippen LogP contribution is 2.37. The molecule has 18 heavy (non-hydrogen) atoms. The smallest absolute Gasteiger partial charge is 0.235 e. The number of isocyanates is 1. The summed E-state index contributed by atoms with van der Waals surface area (Å²) in [6.45, 7) is 2.93. The van der Waals surface area contributed by atoms with Gasteiger partial charge in [-0.3, -0.25) is 0 Å². The van der Waals surface area contributed by atoms with Crippen molar-refractivity contribution in [1.82, 2.24) is 0 Å². The number of halogens is 1. The first-order valence-corrected chi connectivity index (χ1v) is 5.42. The Balaban J connectivity index is 3.40. The molecule has 0 heterocycles. The van der Waals surface area contributed by atoms with Crippen molar-refractivity contribution in [3.05, 3.63) is 23.3 Å². The zero-order valence-electron chi connectivity index (χ0n) is 10.9. The number of hydrogen-bond acceptors (Lipinski definition) is 4. The van der Waals surface area contributed by atoms with Crippen LogP contribution in [0.5, 0.6) is 11.5 Å². The summed E-state index contributed by atoms with van der Waals surface area (Å²) in [6, 6.07) is 3.19. The first kappa shape index (κ1) is 14.2. The van der Waals surface area contributed by atoms with Crippen LogP contribution in [0, 0.1) is 0 Å². The maximum absolute atomic E-state index is 14.1. The minimum atomic E-state index is -1.56. The molecule has 0 aromatic heterocycles. The summed E-state index contributed by atoms with van der Waals surface area (Å²) in [5.41, 5.74) is -0.574. The van der Waals surface area contributed by atoms with Crippen molar-refractivity contribution in [3.63, 3.8) is 0 Å². The van der Waals surface area contributed by atoms with Crippen LogP contribution in [0.15, 0.2) is 17.1 Å². The lowest BCUT2D eigenvalue weighted by Gasteiger charge is -2.20. The summed E-state index contributed by atoms with van der Waals surface area (Å²) in [5.74, 6) is 0.915. The summed E-state index contributed by atoms with van der Waals surface area (Å²) in [5, 5.41) is 0. The molecule has 1 rings (SSSR count). The molecule has 1 aromatic rings. The van der Waals surface area contributed by atoms with Gasteiger partial charge in [0.05, 0.1) is 20.8 Å². The number of aliphatic imine (C=N–C) groups is 1. The fourth-order valence-electron chi connectivity index (χ4n) is 1.72. The predicted octanol–water partition coefficient (Wildman–Crippen LogP) is 2.74. The molecule has 0 saturated heterocycles. The SMILES string of the molecule is COc1cc(CN=C=O)c(C(C)(C)F)cc1OC. The van der Waals surface area contributed by atoms with E-state index in [0.717, 1.165) is 0 Å². The van der Waals surface area contributed by atoms with Gasteiger partial charge in [0.15, 0.2) is 11.5 Å². The number of methoxy groups -OCH3 is 2. The van der Waals surface area contributed by atoms with E-state index in [0.29, 0.717) is 22.6 Å². The topological polar surface area (TPSA) is 47.9 Å². The highest BCUT2D eigenvalue weighted by atomic mass is 19.1.